The van der Waals surface area contributed by atoms with Crippen LogP contribution in [0.4, 0.5) is 5.00 Å². The van der Waals surface area contributed by atoms with E-state index in [1.54, 1.807) is 36.6 Å². The van der Waals surface area contributed by atoms with Crippen LogP contribution in [0.5, 0.6) is 0 Å². The molecule has 0 aliphatic carbocycles. The average molecular weight is 489 g/mol. The van der Waals surface area contributed by atoms with E-state index in [9.17, 15) is 9.59 Å². The van der Waals surface area contributed by atoms with Crippen molar-refractivity contribution in [1.29, 1.82) is 0 Å². The highest BCUT2D eigenvalue weighted by molar-refractivity contribution is 7.15. The fourth-order valence-corrected chi connectivity index (χ4v) is 4.76. The number of pyridine rings is 1. The van der Waals surface area contributed by atoms with Gasteiger partial charge in [0.1, 0.15) is 16.3 Å². The monoisotopic (exact) mass is 488 g/mol. The molecule has 6 nitrogen and oxygen atoms in total. The number of carbonyl (C=O) groups excluding carboxylic acids is 2. The highest BCUT2D eigenvalue weighted by Gasteiger charge is 2.24. The predicted octanol–water partition coefficient (Wildman–Crippen LogP) is 6.92. The highest BCUT2D eigenvalue weighted by Crippen LogP contribution is 2.37. The molecule has 168 valence electrons. The zero-order valence-electron chi connectivity index (χ0n) is 17.9. The maximum absolute atomic E-state index is 13.5. The average Bonchev–Trinajstić information content (AvgIpc) is 3.54. The van der Waals surface area contributed by atoms with Gasteiger partial charge in [-0.25, -0.2) is 9.78 Å². The van der Waals surface area contributed by atoms with Crippen LogP contribution in [-0.2, 0) is 4.74 Å². The van der Waals surface area contributed by atoms with Crippen LogP contribution in [0.1, 0.15) is 20.7 Å². The molecule has 2 aromatic carbocycles. The minimum atomic E-state index is -0.544. The Balaban J connectivity index is 1.58. The second-order valence-corrected chi connectivity index (χ2v) is 8.67. The number of carbonyl (C=O) groups is 2. The molecule has 34 heavy (non-hydrogen) atoms. The van der Waals surface area contributed by atoms with Gasteiger partial charge in [0, 0.05) is 21.4 Å². The van der Waals surface area contributed by atoms with Gasteiger partial charge in [-0.3, -0.25) is 4.79 Å². The van der Waals surface area contributed by atoms with E-state index in [0.29, 0.717) is 43.5 Å². The number of para-hydroxylation sites is 1. The van der Waals surface area contributed by atoms with Crippen LogP contribution >= 0.6 is 22.9 Å². The minimum Gasteiger partial charge on any atom is -0.465 e. The summed E-state index contributed by atoms with van der Waals surface area (Å²) in [6, 6.07) is 19.7. The smallest absolute Gasteiger partial charge is 0.341 e. The number of fused-ring (bicyclic) bond motifs is 1. The van der Waals surface area contributed by atoms with Gasteiger partial charge in [0.2, 0.25) is 0 Å². The van der Waals surface area contributed by atoms with E-state index in [4.69, 9.17) is 20.8 Å². The van der Waals surface area contributed by atoms with Crippen LogP contribution in [0.2, 0.25) is 5.02 Å². The molecule has 0 atom stereocenters. The first-order valence-corrected chi connectivity index (χ1v) is 11.5. The van der Waals surface area contributed by atoms with E-state index in [1.807, 2.05) is 41.8 Å². The van der Waals surface area contributed by atoms with Crippen molar-refractivity contribution in [3.05, 3.63) is 94.5 Å². The Morgan fingerprint density at radius 2 is 1.85 bits per heavy atom. The summed E-state index contributed by atoms with van der Waals surface area (Å²) in [7, 11) is 1.31. The van der Waals surface area contributed by atoms with Crippen LogP contribution in [-0.4, -0.2) is 24.0 Å². The fourth-order valence-electron chi connectivity index (χ4n) is 3.68. The summed E-state index contributed by atoms with van der Waals surface area (Å²) in [5.74, 6) is -0.366. The van der Waals surface area contributed by atoms with Gasteiger partial charge < -0.3 is 14.5 Å². The first-order valence-electron chi connectivity index (χ1n) is 10.3. The molecule has 3 heterocycles. The van der Waals surface area contributed by atoms with E-state index < -0.39 is 5.97 Å². The van der Waals surface area contributed by atoms with Crippen molar-refractivity contribution in [3.8, 4) is 22.6 Å². The molecule has 5 rings (SSSR count). The number of esters is 1. The number of halogens is 1. The Hall–Kier alpha value is -3.94. The van der Waals surface area contributed by atoms with E-state index in [-0.39, 0.29) is 11.5 Å². The summed E-state index contributed by atoms with van der Waals surface area (Å²) >= 11 is 7.26. The van der Waals surface area contributed by atoms with Crippen molar-refractivity contribution in [2.75, 3.05) is 12.4 Å². The van der Waals surface area contributed by atoms with E-state index in [0.717, 1.165) is 5.56 Å². The van der Waals surface area contributed by atoms with E-state index >= 15 is 0 Å². The Morgan fingerprint density at radius 1 is 1.06 bits per heavy atom. The van der Waals surface area contributed by atoms with Crippen molar-refractivity contribution >= 4 is 50.7 Å². The minimum absolute atomic E-state index is 0.285. The second-order valence-electron chi connectivity index (χ2n) is 7.36. The largest absolute Gasteiger partial charge is 0.465 e. The van der Waals surface area contributed by atoms with Crippen LogP contribution in [0.15, 0.2) is 82.8 Å². The van der Waals surface area contributed by atoms with Crippen LogP contribution < -0.4 is 5.32 Å². The summed E-state index contributed by atoms with van der Waals surface area (Å²) in [6.45, 7) is 0. The fraction of sp³-hybridized carbons (Fsp3) is 0.0385. The molecule has 0 aliphatic rings. The van der Waals surface area contributed by atoms with Crippen LogP contribution in [0.3, 0.4) is 0 Å². The second kappa shape index (κ2) is 9.13. The third-order valence-corrected chi connectivity index (χ3v) is 6.44. The third-order valence-electron chi connectivity index (χ3n) is 5.30. The van der Waals surface area contributed by atoms with Crippen molar-refractivity contribution in [2.45, 2.75) is 0 Å². The molecule has 0 spiro atoms. The molecule has 1 N–H and O–H groups in total. The predicted molar refractivity (Wildman–Crippen MR) is 134 cm³/mol. The lowest BCUT2D eigenvalue weighted by atomic mass is 10.0. The number of hydrogen-bond donors (Lipinski definition) is 1. The quantitative estimate of drug-likeness (QED) is 0.272. The topological polar surface area (TPSA) is 81.4 Å². The summed E-state index contributed by atoms with van der Waals surface area (Å²) in [5, 5.41) is 6.37. The molecule has 5 aromatic rings. The lowest BCUT2D eigenvalue weighted by molar-refractivity contribution is 0.0603. The Morgan fingerprint density at radius 3 is 2.59 bits per heavy atom. The van der Waals surface area contributed by atoms with Crippen LogP contribution in [0, 0.1) is 0 Å². The number of anilines is 1. The van der Waals surface area contributed by atoms with Crippen molar-refractivity contribution in [1.82, 2.24) is 4.98 Å². The van der Waals surface area contributed by atoms with Gasteiger partial charge in [-0.05, 0) is 42.0 Å². The molecular formula is C26H17ClN2O4S. The van der Waals surface area contributed by atoms with Gasteiger partial charge >= 0.3 is 5.97 Å². The normalized spacial score (nSPS) is 10.9. The molecule has 3 aromatic heterocycles. The zero-order valence-corrected chi connectivity index (χ0v) is 19.4. The zero-order chi connectivity index (χ0) is 23.7. The highest BCUT2D eigenvalue weighted by atomic mass is 35.5. The Bertz CT molecular complexity index is 1510. The molecule has 0 saturated carbocycles. The molecule has 0 unspecified atom stereocenters. The standard InChI is InChI=1S/C26H17ClN2O4S/c1-32-26(31)23-19(15-8-10-16(27)11-9-15)14-34-25(23)29-24(30)18-13-21(22-7-4-12-33-22)28-20-6-3-2-5-17(18)20/h2-14H,1H3,(H,29,30). The molecule has 0 saturated heterocycles. The first kappa shape index (κ1) is 21.9. The van der Waals surface area contributed by atoms with E-state index in [1.165, 1.54) is 18.4 Å². The molecule has 0 aliphatic heterocycles. The maximum Gasteiger partial charge on any atom is 0.341 e. The lowest BCUT2D eigenvalue weighted by Crippen LogP contribution is -2.15. The number of aromatic nitrogens is 1. The van der Waals surface area contributed by atoms with E-state index in [2.05, 4.69) is 10.3 Å². The molecular weight excluding hydrogens is 472 g/mol. The number of amides is 1. The number of nitrogens with one attached hydrogen (secondary N) is 1. The maximum atomic E-state index is 13.5. The summed E-state index contributed by atoms with van der Waals surface area (Å²) < 4.78 is 10.5. The molecule has 0 fully saturated rings. The van der Waals surface area contributed by atoms with Gasteiger partial charge in [-0.1, -0.05) is 41.9 Å². The summed E-state index contributed by atoms with van der Waals surface area (Å²) in [4.78, 5) is 30.8. The number of benzene rings is 2. The Labute approximate surface area is 203 Å². The van der Waals surface area contributed by atoms with Crippen molar-refractivity contribution in [3.63, 3.8) is 0 Å². The van der Waals surface area contributed by atoms with Gasteiger partial charge in [0.05, 0.1) is 24.5 Å². The molecule has 0 bridgehead atoms. The van der Waals surface area contributed by atoms with Gasteiger partial charge in [-0.15, -0.1) is 11.3 Å². The number of thiophene rings is 1. The van der Waals surface area contributed by atoms with Crippen molar-refractivity contribution in [2.24, 2.45) is 0 Å². The number of furan rings is 1. The summed E-state index contributed by atoms with van der Waals surface area (Å²) in [5.41, 5.74) is 3.33. The van der Waals surface area contributed by atoms with Crippen molar-refractivity contribution < 1.29 is 18.7 Å². The van der Waals surface area contributed by atoms with Crippen LogP contribution in [0.25, 0.3) is 33.5 Å². The SMILES string of the molecule is COC(=O)c1c(-c2ccc(Cl)cc2)csc1NC(=O)c1cc(-c2ccco2)nc2ccccc12. The number of nitrogens with zero attached hydrogens (tertiary/aromatic N) is 1. The van der Waals surface area contributed by atoms with Gasteiger partial charge in [-0.2, -0.15) is 0 Å². The molecule has 1 amide bonds. The number of ether oxygens (including phenoxy) is 1. The Kier molecular flexibility index (Phi) is 5.88. The molecule has 0 radical (unpaired) electrons. The third kappa shape index (κ3) is 4.07. The lowest BCUT2D eigenvalue weighted by Gasteiger charge is -2.11. The van der Waals surface area contributed by atoms with Gasteiger partial charge in [0.15, 0.2) is 5.76 Å². The first-order chi connectivity index (χ1) is 16.5. The number of rotatable bonds is 5. The number of methoxy groups -OCH3 is 1. The molecule has 8 heteroatoms. The van der Waals surface area contributed by atoms with Gasteiger partial charge in [0.25, 0.3) is 5.91 Å². The summed E-state index contributed by atoms with van der Waals surface area (Å²) in [6.07, 6.45) is 1.55. The number of hydrogen-bond acceptors (Lipinski definition) is 6.